The zero-order chi connectivity index (χ0) is 10.4. The van der Waals surface area contributed by atoms with Gasteiger partial charge in [-0.3, -0.25) is 14.6 Å². The van der Waals surface area contributed by atoms with Gasteiger partial charge in [0.25, 0.3) is 0 Å². The standard InChI is InChI=1S/C10H8NO3/c1-8(13)14-10(4-6-12)9-3-2-5-11-7-9/h2-5,7H,1H3. The highest BCUT2D eigenvalue weighted by Gasteiger charge is 2.04. The lowest BCUT2D eigenvalue weighted by molar-refractivity contribution is -0.134. The number of carbonyl (C=O) groups excluding carboxylic acids is 2. The Morgan fingerprint density at radius 1 is 1.64 bits per heavy atom. The summed E-state index contributed by atoms with van der Waals surface area (Å²) in [5, 5.41) is 0. The molecule has 0 amide bonds. The van der Waals surface area contributed by atoms with Crippen molar-refractivity contribution >= 4 is 18.0 Å². The quantitative estimate of drug-likeness (QED) is 0.407. The molecule has 0 N–H and O–H groups in total. The molecule has 0 atom stereocenters. The molecule has 0 spiro atoms. The summed E-state index contributed by atoms with van der Waals surface area (Å²) in [6, 6.07) is 3.36. The van der Waals surface area contributed by atoms with Crippen LogP contribution in [-0.2, 0) is 14.3 Å². The first-order valence-electron chi connectivity index (χ1n) is 3.90. The van der Waals surface area contributed by atoms with Crippen molar-refractivity contribution in [2.24, 2.45) is 0 Å². The van der Waals surface area contributed by atoms with Gasteiger partial charge in [-0.2, -0.15) is 0 Å². The summed E-state index contributed by atoms with van der Waals surface area (Å²) in [6.07, 6.45) is 5.68. The fourth-order valence-corrected chi connectivity index (χ4v) is 0.889. The molecule has 0 saturated carbocycles. The van der Waals surface area contributed by atoms with Crippen molar-refractivity contribution in [2.45, 2.75) is 6.92 Å². The fraction of sp³-hybridized carbons (Fsp3) is 0.100. The lowest BCUT2D eigenvalue weighted by Crippen LogP contribution is -1.99. The first-order valence-corrected chi connectivity index (χ1v) is 3.90. The second kappa shape index (κ2) is 4.91. The van der Waals surface area contributed by atoms with E-state index in [4.69, 9.17) is 4.74 Å². The van der Waals surface area contributed by atoms with Crippen LogP contribution in [0.2, 0.25) is 0 Å². The van der Waals surface area contributed by atoms with Gasteiger partial charge in [0.2, 0.25) is 6.29 Å². The van der Waals surface area contributed by atoms with E-state index in [1.54, 1.807) is 24.6 Å². The van der Waals surface area contributed by atoms with Crippen molar-refractivity contribution in [1.82, 2.24) is 4.98 Å². The Bertz CT molecular complexity index is 357. The summed E-state index contributed by atoms with van der Waals surface area (Å²) >= 11 is 0. The van der Waals surface area contributed by atoms with Gasteiger partial charge in [0, 0.05) is 31.0 Å². The molecule has 1 aromatic rings. The van der Waals surface area contributed by atoms with E-state index in [1.807, 2.05) is 0 Å². The molecule has 4 heteroatoms. The molecular weight excluding hydrogens is 182 g/mol. The monoisotopic (exact) mass is 190 g/mol. The van der Waals surface area contributed by atoms with Gasteiger partial charge in [-0.05, 0) is 12.1 Å². The Morgan fingerprint density at radius 2 is 2.43 bits per heavy atom. The minimum Gasteiger partial charge on any atom is -0.426 e. The maximum absolute atomic E-state index is 10.7. The Labute approximate surface area is 81.2 Å². The highest BCUT2D eigenvalue weighted by molar-refractivity contribution is 5.83. The second-order valence-electron chi connectivity index (χ2n) is 2.46. The molecule has 1 aromatic heterocycles. The number of ether oxygens (including phenoxy) is 1. The van der Waals surface area contributed by atoms with Crippen LogP contribution in [0, 0.1) is 0 Å². The smallest absolute Gasteiger partial charge is 0.308 e. The van der Waals surface area contributed by atoms with Crippen LogP contribution in [0.1, 0.15) is 12.5 Å². The number of allylic oxidation sites excluding steroid dienone is 1. The van der Waals surface area contributed by atoms with Crippen molar-refractivity contribution in [1.29, 1.82) is 0 Å². The summed E-state index contributed by atoms with van der Waals surface area (Å²) in [4.78, 5) is 24.7. The van der Waals surface area contributed by atoms with E-state index in [1.165, 1.54) is 13.1 Å². The molecule has 0 aliphatic rings. The van der Waals surface area contributed by atoms with Crippen molar-refractivity contribution in [3.63, 3.8) is 0 Å². The molecule has 1 heterocycles. The molecule has 0 unspecified atom stereocenters. The van der Waals surface area contributed by atoms with Crippen LogP contribution >= 0.6 is 0 Å². The SMILES string of the molecule is CC(=O)OC(=C[C]=O)c1cccnc1. The van der Waals surface area contributed by atoms with Gasteiger partial charge >= 0.3 is 5.97 Å². The Morgan fingerprint density at radius 3 is 2.93 bits per heavy atom. The van der Waals surface area contributed by atoms with E-state index in [-0.39, 0.29) is 5.76 Å². The highest BCUT2D eigenvalue weighted by Crippen LogP contribution is 2.13. The van der Waals surface area contributed by atoms with Crippen LogP contribution in [0.25, 0.3) is 5.76 Å². The van der Waals surface area contributed by atoms with E-state index < -0.39 is 5.97 Å². The zero-order valence-electron chi connectivity index (χ0n) is 7.56. The first-order chi connectivity index (χ1) is 6.74. The van der Waals surface area contributed by atoms with Gasteiger partial charge in [0.1, 0.15) is 5.76 Å². The Balaban J connectivity index is 2.95. The maximum atomic E-state index is 10.7. The molecule has 0 bridgehead atoms. The minimum atomic E-state index is -0.490. The van der Waals surface area contributed by atoms with Gasteiger partial charge < -0.3 is 4.74 Å². The molecule has 0 saturated heterocycles. The molecule has 14 heavy (non-hydrogen) atoms. The maximum Gasteiger partial charge on any atom is 0.308 e. The topological polar surface area (TPSA) is 56.3 Å². The van der Waals surface area contributed by atoms with Crippen molar-refractivity contribution < 1.29 is 14.3 Å². The summed E-state index contributed by atoms with van der Waals surface area (Å²) in [7, 11) is 0. The average Bonchev–Trinajstić information content (AvgIpc) is 2.18. The molecule has 0 aliphatic heterocycles. The molecule has 0 fully saturated rings. The van der Waals surface area contributed by atoms with E-state index in [0.29, 0.717) is 5.56 Å². The van der Waals surface area contributed by atoms with Crippen molar-refractivity contribution in [3.8, 4) is 0 Å². The Hall–Kier alpha value is -1.97. The number of hydrogen-bond donors (Lipinski definition) is 0. The first kappa shape index (κ1) is 10.1. The van der Waals surface area contributed by atoms with Crippen LogP contribution in [0.15, 0.2) is 30.6 Å². The van der Waals surface area contributed by atoms with E-state index in [0.717, 1.165) is 6.08 Å². The molecule has 4 nitrogen and oxygen atoms in total. The molecule has 71 valence electrons. The molecular formula is C10H8NO3. The van der Waals surface area contributed by atoms with E-state index in [2.05, 4.69) is 4.98 Å². The van der Waals surface area contributed by atoms with Crippen molar-refractivity contribution in [3.05, 3.63) is 36.2 Å². The third-order valence-electron chi connectivity index (χ3n) is 1.39. The fourth-order valence-electron chi connectivity index (χ4n) is 0.889. The lowest BCUT2D eigenvalue weighted by Gasteiger charge is -2.04. The minimum absolute atomic E-state index is 0.153. The third kappa shape index (κ3) is 2.82. The third-order valence-corrected chi connectivity index (χ3v) is 1.39. The van der Waals surface area contributed by atoms with Gasteiger partial charge in [0.15, 0.2) is 0 Å². The summed E-state index contributed by atoms with van der Waals surface area (Å²) < 4.78 is 4.80. The van der Waals surface area contributed by atoms with Crippen LogP contribution in [-0.4, -0.2) is 17.2 Å². The molecule has 0 aliphatic carbocycles. The molecule has 0 aromatic carbocycles. The number of carbonyl (C=O) groups is 1. The number of esters is 1. The molecule has 1 radical (unpaired) electrons. The predicted octanol–water partition coefficient (Wildman–Crippen LogP) is 1.10. The van der Waals surface area contributed by atoms with Gasteiger partial charge in [-0.15, -0.1) is 0 Å². The van der Waals surface area contributed by atoms with E-state index in [9.17, 15) is 9.59 Å². The number of aromatic nitrogens is 1. The van der Waals surface area contributed by atoms with Gasteiger partial charge in [-0.1, -0.05) is 0 Å². The highest BCUT2D eigenvalue weighted by atomic mass is 16.5. The predicted molar refractivity (Wildman–Crippen MR) is 49.7 cm³/mol. The van der Waals surface area contributed by atoms with E-state index >= 15 is 0 Å². The van der Waals surface area contributed by atoms with Crippen LogP contribution in [0.4, 0.5) is 0 Å². The van der Waals surface area contributed by atoms with Crippen LogP contribution < -0.4 is 0 Å². The zero-order valence-corrected chi connectivity index (χ0v) is 7.56. The summed E-state index contributed by atoms with van der Waals surface area (Å²) in [6.45, 7) is 1.26. The Kier molecular flexibility index (Phi) is 3.55. The van der Waals surface area contributed by atoms with Crippen molar-refractivity contribution in [2.75, 3.05) is 0 Å². The average molecular weight is 190 g/mol. The number of pyridine rings is 1. The number of hydrogen-bond acceptors (Lipinski definition) is 4. The molecule has 1 rings (SSSR count). The second-order valence-corrected chi connectivity index (χ2v) is 2.46. The number of rotatable bonds is 3. The normalized spacial score (nSPS) is 10.8. The largest absolute Gasteiger partial charge is 0.426 e. The van der Waals surface area contributed by atoms with Gasteiger partial charge in [-0.25, -0.2) is 0 Å². The van der Waals surface area contributed by atoms with Crippen LogP contribution in [0.5, 0.6) is 0 Å². The lowest BCUT2D eigenvalue weighted by atomic mass is 10.2. The van der Waals surface area contributed by atoms with Crippen LogP contribution in [0.3, 0.4) is 0 Å². The number of nitrogens with zero attached hydrogens (tertiary/aromatic N) is 1. The summed E-state index contributed by atoms with van der Waals surface area (Å²) in [5.41, 5.74) is 0.561. The summed E-state index contributed by atoms with van der Waals surface area (Å²) in [5.74, 6) is -0.337. The van der Waals surface area contributed by atoms with Gasteiger partial charge in [0.05, 0.1) is 0 Å².